The Balaban J connectivity index is 2.21. The van der Waals surface area contributed by atoms with Gasteiger partial charge in [0.25, 0.3) is 0 Å². The minimum Gasteiger partial charge on any atom is -0.392 e. The molecule has 0 fully saturated rings. The fourth-order valence-electron chi connectivity index (χ4n) is 1.81. The predicted molar refractivity (Wildman–Crippen MR) is 75.3 cm³/mol. The standard InChI is InChI=1S/C14H15FN2O3S/c1-10-3-2-6-16-13(10)8-17-21(19,20)14-5-4-11(9-18)7-12(14)15/h2-7,17-18H,8-9H2,1H3. The molecule has 0 saturated heterocycles. The van der Waals surface area contributed by atoms with Crippen LogP contribution >= 0.6 is 0 Å². The van der Waals surface area contributed by atoms with Gasteiger partial charge in [-0.3, -0.25) is 4.98 Å². The van der Waals surface area contributed by atoms with Crippen LogP contribution in [0.4, 0.5) is 4.39 Å². The summed E-state index contributed by atoms with van der Waals surface area (Å²) in [4.78, 5) is 3.62. The number of pyridine rings is 1. The summed E-state index contributed by atoms with van der Waals surface area (Å²) >= 11 is 0. The van der Waals surface area contributed by atoms with E-state index in [-0.39, 0.29) is 13.2 Å². The topological polar surface area (TPSA) is 79.3 Å². The number of aliphatic hydroxyl groups excluding tert-OH is 1. The molecule has 2 rings (SSSR count). The third-order valence-corrected chi connectivity index (χ3v) is 4.45. The van der Waals surface area contributed by atoms with Crippen molar-refractivity contribution in [2.24, 2.45) is 0 Å². The molecule has 2 aromatic rings. The average molecular weight is 310 g/mol. The Morgan fingerprint density at radius 1 is 1.33 bits per heavy atom. The van der Waals surface area contributed by atoms with E-state index in [0.29, 0.717) is 11.3 Å². The fraction of sp³-hybridized carbons (Fsp3) is 0.214. The van der Waals surface area contributed by atoms with Crippen LogP contribution in [0, 0.1) is 12.7 Å². The van der Waals surface area contributed by atoms with Crippen LogP contribution in [0.15, 0.2) is 41.4 Å². The van der Waals surface area contributed by atoms with E-state index in [4.69, 9.17) is 5.11 Å². The molecule has 0 bridgehead atoms. The lowest BCUT2D eigenvalue weighted by molar-refractivity contribution is 0.281. The molecule has 7 heteroatoms. The summed E-state index contributed by atoms with van der Waals surface area (Å²) in [5.41, 5.74) is 1.73. The van der Waals surface area contributed by atoms with Gasteiger partial charge in [0.15, 0.2) is 0 Å². The summed E-state index contributed by atoms with van der Waals surface area (Å²) < 4.78 is 40.3. The molecule has 112 valence electrons. The van der Waals surface area contributed by atoms with E-state index >= 15 is 0 Å². The second-order valence-electron chi connectivity index (χ2n) is 4.51. The van der Waals surface area contributed by atoms with E-state index in [1.165, 1.54) is 6.07 Å². The normalized spacial score (nSPS) is 11.6. The van der Waals surface area contributed by atoms with Gasteiger partial charge in [-0.2, -0.15) is 0 Å². The third-order valence-electron chi connectivity index (χ3n) is 3.02. The van der Waals surface area contributed by atoms with Crippen molar-refractivity contribution in [2.45, 2.75) is 25.0 Å². The number of benzene rings is 1. The second-order valence-corrected chi connectivity index (χ2v) is 6.25. The van der Waals surface area contributed by atoms with Gasteiger partial charge in [-0.1, -0.05) is 12.1 Å². The molecule has 1 aromatic heterocycles. The maximum atomic E-state index is 13.8. The molecule has 0 aliphatic heterocycles. The first-order valence-electron chi connectivity index (χ1n) is 6.23. The number of nitrogens with one attached hydrogen (secondary N) is 1. The molecule has 0 radical (unpaired) electrons. The molecule has 5 nitrogen and oxygen atoms in total. The van der Waals surface area contributed by atoms with Crippen molar-refractivity contribution in [1.29, 1.82) is 0 Å². The SMILES string of the molecule is Cc1cccnc1CNS(=O)(=O)c1ccc(CO)cc1F. The lowest BCUT2D eigenvalue weighted by atomic mass is 10.2. The zero-order valence-corrected chi connectivity index (χ0v) is 12.2. The molecule has 21 heavy (non-hydrogen) atoms. The van der Waals surface area contributed by atoms with Gasteiger partial charge in [0.2, 0.25) is 10.0 Å². The Morgan fingerprint density at radius 3 is 2.71 bits per heavy atom. The van der Waals surface area contributed by atoms with E-state index in [1.807, 2.05) is 13.0 Å². The fourth-order valence-corrected chi connectivity index (χ4v) is 2.85. The maximum Gasteiger partial charge on any atom is 0.243 e. The Bertz CT molecular complexity index is 748. The van der Waals surface area contributed by atoms with Crippen molar-refractivity contribution in [3.05, 3.63) is 59.2 Å². The van der Waals surface area contributed by atoms with Gasteiger partial charge in [0.05, 0.1) is 18.8 Å². The van der Waals surface area contributed by atoms with Crippen LogP contribution in [0.5, 0.6) is 0 Å². The highest BCUT2D eigenvalue weighted by atomic mass is 32.2. The van der Waals surface area contributed by atoms with Gasteiger partial charge in [-0.05, 0) is 36.2 Å². The van der Waals surface area contributed by atoms with E-state index in [9.17, 15) is 12.8 Å². The number of sulfonamides is 1. The molecular weight excluding hydrogens is 295 g/mol. The number of nitrogens with zero attached hydrogens (tertiary/aromatic N) is 1. The number of hydrogen-bond donors (Lipinski definition) is 2. The Morgan fingerprint density at radius 2 is 2.10 bits per heavy atom. The van der Waals surface area contributed by atoms with Gasteiger partial charge in [-0.15, -0.1) is 0 Å². The van der Waals surface area contributed by atoms with Crippen LogP contribution in [0.25, 0.3) is 0 Å². The molecule has 2 N–H and O–H groups in total. The molecule has 0 aliphatic carbocycles. The highest BCUT2D eigenvalue weighted by Crippen LogP contribution is 2.16. The summed E-state index contributed by atoms with van der Waals surface area (Å²) in [6.45, 7) is 1.45. The van der Waals surface area contributed by atoms with Crippen molar-refractivity contribution >= 4 is 10.0 Å². The third kappa shape index (κ3) is 3.63. The number of aromatic nitrogens is 1. The van der Waals surface area contributed by atoms with Crippen LogP contribution in [0.3, 0.4) is 0 Å². The summed E-state index contributed by atoms with van der Waals surface area (Å²) in [5, 5.41) is 8.90. The number of halogens is 1. The molecule has 0 amide bonds. The number of hydrogen-bond acceptors (Lipinski definition) is 4. The van der Waals surface area contributed by atoms with Crippen LogP contribution in [-0.2, 0) is 23.2 Å². The molecule has 1 heterocycles. The summed E-state index contributed by atoms with van der Waals surface area (Å²) in [7, 11) is -3.98. The van der Waals surface area contributed by atoms with Crippen molar-refractivity contribution < 1.29 is 17.9 Å². The first kappa shape index (κ1) is 15.6. The van der Waals surface area contributed by atoms with Crippen molar-refractivity contribution in [3.8, 4) is 0 Å². The molecule has 0 atom stereocenters. The quantitative estimate of drug-likeness (QED) is 0.877. The van der Waals surface area contributed by atoms with E-state index in [1.54, 1.807) is 12.3 Å². The highest BCUT2D eigenvalue weighted by molar-refractivity contribution is 7.89. The van der Waals surface area contributed by atoms with E-state index < -0.39 is 20.7 Å². The molecule has 1 aromatic carbocycles. The zero-order valence-electron chi connectivity index (χ0n) is 11.4. The summed E-state index contributed by atoms with van der Waals surface area (Å²) in [5.74, 6) is -0.896. The van der Waals surface area contributed by atoms with Gasteiger partial charge >= 0.3 is 0 Å². The monoisotopic (exact) mass is 310 g/mol. The van der Waals surface area contributed by atoms with E-state index in [2.05, 4.69) is 9.71 Å². The zero-order chi connectivity index (χ0) is 15.5. The Kier molecular flexibility index (Phi) is 4.66. The first-order valence-corrected chi connectivity index (χ1v) is 7.72. The number of aliphatic hydroxyl groups is 1. The Labute approximate surface area is 122 Å². The minimum absolute atomic E-state index is 0.0177. The smallest absolute Gasteiger partial charge is 0.243 e. The highest BCUT2D eigenvalue weighted by Gasteiger charge is 2.19. The molecule has 0 spiro atoms. The van der Waals surface area contributed by atoms with Crippen LogP contribution in [0.2, 0.25) is 0 Å². The second kappa shape index (κ2) is 6.30. The van der Waals surface area contributed by atoms with Gasteiger partial charge in [0, 0.05) is 6.20 Å². The molecular formula is C14H15FN2O3S. The van der Waals surface area contributed by atoms with E-state index in [0.717, 1.165) is 17.7 Å². The summed E-state index contributed by atoms with van der Waals surface area (Å²) in [6.07, 6.45) is 1.56. The maximum absolute atomic E-state index is 13.8. The lowest BCUT2D eigenvalue weighted by Gasteiger charge is -2.09. The van der Waals surface area contributed by atoms with Crippen LogP contribution < -0.4 is 4.72 Å². The predicted octanol–water partition coefficient (Wildman–Crippen LogP) is 1.50. The average Bonchev–Trinajstić information content (AvgIpc) is 2.46. The largest absolute Gasteiger partial charge is 0.392 e. The van der Waals surface area contributed by atoms with Gasteiger partial charge in [0.1, 0.15) is 10.7 Å². The molecule has 0 unspecified atom stereocenters. The van der Waals surface area contributed by atoms with Gasteiger partial charge < -0.3 is 5.11 Å². The Hall–Kier alpha value is -1.83. The number of rotatable bonds is 5. The lowest BCUT2D eigenvalue weighted by Crippen LogP contribution is -2.25. The molecule has 0 aliphatic rings. The molecule has 0 saturated carbocycles. The van der Waals surface area contributed by atoms with Crippen LogP contribution in [0.1, 0.15) is 16.8 Å². The van der Waals surface area contributed by atoms with Crippen molar-refractivity contribution in [3.63, 3.8) is 0 Å². The first-order chi connectivity index (χ1) is 9.94. The number of aryl methyl sites for hydroxylation is 1. The van der Waals surface area contributed by atoms with Crippen molar-refractivity contribution in [1.82, 2.24) is 9.71 Å². The minimum atomic E-state index is -3.98. The van der Waals surface area contributed by atoms with Crippen molar-refractivity contribution in [2.75, 3.05) is 0 Å². The summed E-state index contributed by atoms with van der Waals surface area (Å²) in [6, 6.07) is 7.06. The van der Waals surface area contributed by atoms with Crippen LogP contribution in [-0.4, -0.2) is 18.5 Å². The van der Waals surface area contributed by atoms with Gasteiger partial charge in [-0.25, -0.2) is 17.5 Å².